The van der Waals surface area contributed by atoms with Crippen LogP contribution in [0.3, 0.4) is 0 Å². The maximum Gasteiger partial charge on any atom is 0.258 e. The van der Waals surface area contributed by atoms with Gasteiger partial charge in [-0.2, -0.15) is 0 Å². The predicted molar refractivity (Wildman–Crippen MR) is 94.4 cm³/mol. The van der Waals surface area contributed by atoms with Crippen molar-refractivity contribution in [3.8, 4) is 0 Å². The molecule has 0 aliphatic rings. The van der Waals surface area contributed by atoms with E-state index in [0.717, 1.165) is 25.8 Å². The molecule has 0 aliphatic carbocycles. The summed E-state index contributed by atoms with van der Waals surface area (Å²) in [6.45, 7) is 4.45. The molecule has 24 heavy (non-hydrogen) atoms. The molecule has 0 saturated heterocycles. The highest BCUT2D eigenvalue weighted by Crippen LogP contribution is 2.13. The molecule has 2 aromatic rings. The molecule has 1 aromatic carbocycles. The van der Waals surface area contributed by atoms with E-state index in [-0.39, 0.29) is 11.7 Å². The number of carbonyl (C=O) groups excluding carboxylic acids is 2. The second-order valence-corrected chi connectivity index (χ2v) is 5.52. The molecule has 2 N–H and O–H groups in total. The fourth-order valence-electron chi connectivity index (χ4n) is 2.13. The molecule has 126 valence electrons. The minimum Gasteiger partial charge on any atom is -0.354 e. The number of aromatic nitrogens is 2. The van der Waals surface area contributed by atoms with E-state index in [4.69, 9.17) is 0 Å². The normalized spacial score (nSPS) is 10.2. The van der Waals surface area contributed by atoms with Crippen LogP contribution in [-0.4, -0.2) is 28.2 Å². The van der Waals surface area contributed by atoms with Gasteiger partial charge in [0, 0.05) is 30.2 Å². The quantitative estimate of drug-likeness (QED) is 0.572. The summed E-state index contributed by atoms with van der Waals surface area (Å²) in [7, 11) is 0. The molecule has 1 aromatic heterocycles. The van der Waals surface area contributed by atoms with Crippen LogP contribution in [0, 0.1) is 0 Å². The summed E-state index contributed by atoms with van der Waals surface area (Å²) in [4.78, 5) is 31.9. The first-order valence-corrected chi connectivity index (χ1v) is 8.08. The number of benzene rings is 1. The van der Waals surface area contributed by atoms with Gasteiger partial charge in [-0.15, -0.1) is 0 Å². The zero-order valence-electron chi connectivity index (χ0n) is 14.0. The number of rotatable bonds is 8. The lowest BCUT2D eigenvalue weighted by molar-refractivity contribution is 0.101. The molecule has 1 heterocycles. The molecule has 0 spiro atoms. The van der Waals surface area contributed by atoms with Gasteiger partial charge < -0.3 is 10.6 Å². The van der Waals surface area contributed by atoms with Gasteiger partial charge in [0.15, 0.2) is 5.78 Å². The first kappa shape index (κ1) is 17.6. The van der Waals surface area contributed by atoms with Gasteiger partial charge >= 0.3 is 0 Å². The van der Waals surface area contributed by atoms with Crippen LogP contribution < -0.4 is 10.6 Å². The van der Waals surface area contributed by atoms with Crippen LogP contribution in [0.1, 0.15) is 53.8 Å². The van der Waals surface area contributed by atoms with E-state index in [0.29, 0.717) is 22.8 Å². The zero-order chi connectivity index (χ0) is 17.4. The lowest BCUT2D eigenvalue weighted by atomic mass is 10.1. The van der Waals surface area contributed by atoms with Gasteiger partial charge in [0.05, 0.1) is 5.56 Å². The highest BCUT2D eigenvalue weighted by Gasteiger charge is 2.09. The Hall–Kier alpha value is -2.76. The van der Waals surface area contributed by atoms with Gasteiger partial charge in [-0.25, -0.2) is 9.97 Å². The molecule has 0 aliphatic heterocycles. The van der Waals surface area contributed by atoms with Crippen molar-refractivity contribution in [3.63, 3.8) is 0 Å². The molecular weight excluding hydrogens is 304 g/mol. The SMILES string of the molecule is CCCCCNc1ncc(C(=O)Nc2cccc(C(C)=O)c2)cn1. The van der Waals surface area contributed by atoms with Crippen molar-refractivity contribution in [2.45, 2.75) is 33.1 Å². The van der Waals surface area contributed by atoms with E-state index in [9.17, 15) is 9.59 Å². The number of nitrogens with zero attached hydrogens (tertiary/aromatic N) is 2. The summed E-state index contributed by atoms with van der Waals surface area (Å²) in [6.07, 6.45) is 6.35. The lowest BCUT2D eigenvalue weighted by Gasteiger charge is -2.07. The van der Waals surface area contributed by atoms with Gasteiger partial charge in [-0.1, -0.05) is 31.9 Å². The second kappa shape index (κ2) is 8.76. The fourth-order valence-corrected chi connectivity index (χ4v) is 2.13. The van der Waals surface area contributed by atoms with Crippen LogP contribution in [0.5, 0.6) is 0 Å². The number of hydrogen-bond donors (Lipinski definition) is 2. The maximum absolute atomic E-state index is 12.2. The minimum absolute atomic E-state index is 0.0482. The first-order chi connectivity index (χ1) is 11.6. The summed E-state index contributed by atoms with van der Waals surface area (Å²) in [5.41, 5.74) is 1.48. The lowest BCUT2D eigenvalue weighted by Crippen LogP contribution is -2.14. The first-order valence-electron chi connectivity index (χ1n) is 8.08. The number of amides is 1. The topological polar surface area (TPSA) is 84.0 Å². The minimum atomic E-state index is -0.312. The van der Waals surface area contributed by atoms with Crippen molar-refractivity contribution in [2.24, 2.45) is 0 Å². The highest BCUT2D eigenvalue weighted by atomic mass is 16.1. The standard InChI is InChI=1S/C18H22N4O2/c1-3-4-5-9-19-18-20-11-15(12-21-18)17(24)22-16-8-6-7-14(10-16)13(2)23/h6-8,10-12H,3-5,9H2,1-2H3,(H,22,24)(H,19,20,21). The Kier molecular flexibility index (Phi) is 6.42. The number of nitrogens with one attached hydrogen (secondary N) is 2. The molecular formula is C18H22N4O2. The van der Waals surface area contributed by atoms with E-state index in [1.54, 1.807) is 24.3 Å². The largest absolute Gasteiger partial charge is 0.354 e. The van der Waals surface area contributed by atoms with Gasteiger partial charge in [0.25, 0.3) is 5.91 Å². The van der Waals surface area contributed by atoms with Crippen LogP contribution in [-0.2, 0) is 0 Å². The average molecular weight is 326 g/mol. The molecule has 0 saturated carbocycles. The molecule has 0 radical (unpaired) electrons. The van der Waals surface area contributed by atoms with E-state index in [1.807, 2.05) is 0 Å². The Morgan fingerprint density at radius 2 is 1.83 bits per heavy atom. The van der Waals surface area contributed by atoms with Crippen LogP contribution in [0.2, 0.25) is 0 Å². The Bertz CT molecular complexity index is 698. The van der Waals surface area contributed by atoms with E-state index >= 15 is 0 Å². The van der Waals surface area contributed by atoms with E-state index in [1.165, 1.54) is 19.3 Å². The molecule has 0 unspecified atom stereocenters. The van der Waals surface area contributed by atoms with Crippen molar-refractivity contribution in [2.75, 3.05) is 17.2 Å². The third kappa shape index (κ3) is 5.15. The van der Waals surface area contributed by atoms with E-state index in [2.05, 4.69) is 27.5 Å². The number of unbranched alkanes of at least 4 members (excludes halogenated alkanes) is 2. The van der Waals surface area contributed by atoms with Gasteiger partial charge in [-0.05, 0) is 25.5 Å². The summed E-state index contributed by atoms with van der Waals surface area (Å²) in [6, 6.07) is 6.81. The van der Waals surface area contributed by atoms with Gasteiger partial charge in [0.1, 0.15) is 0 Å². The third-order valence-electron chi connectivity index (χ3n) is 3.50. The summed E-state index contributed by atoms with van der Waals surface area (Å²) >= 11 is 0. The van der Waals surface area contributed by atoms with E-state index < -0.39 is 0 Å². The van der Waals surface area contributed by atoms with Crippen LogP contribution >= 0.6 is 0 Å². The second-order valence-electron chi connectivity index (χ2n) is 5.52. The average Bonchev–Trinajstić information content (AvgIpc) is 2.59. The fraction of sp³-hybridized carbons (Fsp3) is 0.333. The van der Waals surface area contributed by atoms with Crippen molar-refractivity contribution in [1.82, 2.24) is 9.97 Å². The molecule has 0 fully saturated rings. The molecule has 6 heteroatoms. The Morgan fingerprint density at radius 3 is 2.50 bits per heavy atom. The van der Waals surface area contributed by atoms with Crippen molar-refractivity contribution < 1.29 is 9.59 Å². The Labute approximate surface area is 141 Å². The molecule has 0 atom stereocenters. The number of Topliss-reactive ketones (excluding diaryl/α,β-unsaturated/α-hetero) is 1. The number of ketones is 1. The Balaban J connectivity index is 1.95. The molecule has 0 bridgehead atoms. The van der Waals surface area contributed by atoms with Crippen LogP contribution in [0.4, 0.5) is 11.6 Å². The van der Waals surface area contributed by atoms with Crippen molar-refractivity contribution in [3.05, 3.63) is 47.8 Å². The Morgan fingerprint density at radius 1 is 1.08 bits per heavy atom. The summed E-state index contributed by atoms with van der Waals surface area (Å²) in [5, 5.41) is 5.87. The molecule has 1 amide bonds. The zero-order valence-corrected chi connectivity index (χ0v) is 14.0. The van der Waals surface area contributed by atoms with Crippen molar-refractivity contribution in [1.29, 1.82) is 0 Å². The van der Waals surface area contributed by atoms with Crippen LogP contribution in [0.25, 0.3) is 0 Å². The van der Waals surface area contributed by atoms with Gasteiger partial charge in [-0.3, -0.25) is 9.59 Å². The number of carbonyl (C=O) groups is 2. The molecule has 2 rings (SSSR count). The van der Waals surface area contributed by atoms with Crippen molar-refractivity contribution >= 4 is 23.3 Å². The molecule has 6 nitrogen and oxygen atoms in total. The summed E-state index contributed by atoms with van der Waals surface area (Å²) in [5.74, 6) is 0.155. The number of hydrogen-bond acceptors (Lipinski definition) is 5. The summed E-state index contributed by atoms with van der Waals surface area (Å²) < 4.78 is 0. The smallest absolute Gasteiger partial charge is 0.258 e. The predicted octanol–water partition coefficient (Wildman–Crippen LogP) is 3.53. The maximum atomic E-state index is 12.2. The monoisotopic (exact) mass is 326 g/mol. The number of anilines is 2. The van der Waals surface area contributed by atoms with Gasteiger partial charge in [0.2, 0.25) is 5.95 Å². The highest BCUT2D eigenvalue weighted by molar-refractivity contribution is 6.04. The van der Waals surface area contributed by atoms with Crippen LogP contribution in [0.15, 0.2) is 36.7 Å². The third-order valence-corrected chi connectivity index (χ3v) is 3.50.